The predicted molar refractivity (Wildman–Crippen MR) is 66.2 cm³/mol. The lowest BCUT2D eigenvalue weighted by molar-refractivity contribution is -0.154. The van der Waals surface area contributed by atoms with Gasteiger partial charge in [-0.15, -0.1) is 36.4 Å². The molecule has 0 aromatic rings. The fraction of sp³-hybridized carbons (Fsp3) is 0.455. The maximum atomic E-state index is 11.1. The van der Waals surface area contributed by atoms with E-state index in [0.29, 0.717) is 0 Å². The molecule has 0 aliphatic heterocycles. The van der Waals surface area contributed by atoms with Gasteiger partial charge in [0.25, 0.3) is 0 Å². The number of carbonyl (C=O) groups excluding carboxylic acids is 2. The molecule has 17 heavy (non-hydrogen) atoms. The molecule has 2 unspecified atom stereocenters. The van der Waals surface area contributed by atoms with Gasteiger partial charge >= 0.3 is 11.9 Å². The van der Waals surface area contributed by atoms with Gasteiger partial charge in [-0.3, -0.25) is 9.59 Å². The molecule has 0 amide bonds. The third-order valence-corrected chi connectivity index (χ3v) is 2.22. The van der Waals surface area contributed by atoms with E-state index < -0.39 is 29.1 Å². The summed E-state index contributed by atoms with van der Waals surface area (Å²) < 4.78 is 9.40. The van der Waals surface area contributed by atoms with Crippen molar-refractivity contribution in [3.8, 4) is 0 Å². The lowest BCUT2D eigenvalue weighted by atomic mass is 10.4. The van der Waals surface area contributed by atoms with E-state index in [1.54, 1.807) is 0 Å². The number of alkyl halides is 2. The molecule has 96 valence electrons. The minimum Gasteiger partial charge on any atom is -0.463 e. The van der Waals surface area contributed by atoms with Crippen molar-refractivity contribution in [3.05, 3.63) is 25.3 Å². The molecule has 0 N–H and O–H groups in total. The van der Waals surface area contributed by atoms with Crippen LogP contribution in [0.3, 0.4) is 0 Å². The molecular weight excluding hydrogens is 267 g/mol. The SMILES string of the molecule is C=CC(Cl)COC(=O)CC(=O)OCC(Cl)C=C. The van der Waals surface area contributed by atoms with E-state index in [1.165, 1.54) is 12.2 Å². The van der Waals surface area contributed by atoms with Gasteiger partial charge < -0.3 is 9.47 Å². The van der Waals surface area contributed by atoms with Crippen LogP contribution in [0.25, 0.3) is 0 Å². The number of carbonyl (C=O) groups is 2. The van der Waals surface area contributed by atoms with E-state index in [9.17, 15) is 9.59 Å². The Labute approximate surface area is 110 Å². The van der Waals surface area contributed by atoms with Gasteiger partial charge in [0, 0.05) is 0 Å². The average molecular weight is 281 g/mol. The van der Waals surface area contributed by atoms with Crippen LogP contribution in [0.4, 0.5) is 0 Å². The Bertz CT molecular complexity index is 263. The Morgan fingerprint density at radius 3 is 1.65 bits per heavy atom. The van der Waals surface area contributed by atoms with E-state index in [1.807, 2.05) is 0 Å². The zero-order valence-electron chi connectivity index (χ0n) is 9.23. The van der Waals surface area contributed by atoms with E-state index in [-0.39, 0.29) is 13.2 Å². The fourth-order valence-electron chi connectivity index (χ4n) is 0.701. The highest BCUT2D eigenvalue weighted by Crippen LogP contribution is 2.01. The van der Waals surface area contributed by atoms with E-state index in [2.05, 4.69) is 13.2 Å². The molecule has 0 heterocycles. The number of halogens is 2. The molecule has 0 rings (SSSR count). The standard InChI is InChI=1S/C11H14Cl2O4/c1-3-8(12)6-16-10(14)5-11(15)17-7-9(13)4-2/h3-4,8-9H,1-2,5-7H2. The van der Waals surface area contributed by atoms with Crippen LogP contribution in [0.1, 0.15) is 6.42 Å². The molecule has 4 nitrogen and oxygen atoms in total. The van der Waals surface area contributed by atoms with Gasteiger partial charge in [-0.1, -0.05) is 12.2 Å². The van der Waals surface area contributed by atoms with Crippen molar-refractivity contribution in [2.45, 2.75) is 17.2 Å². The number of rotatable bonds is 8. The summed E-state index contributed by atoms with van der Waals surface area (Å²) in [7, 11) is 0. The van der Waals surface area contributed by atoms with Crippen LogP contribution in [0, 0.1) is 0 Å². The van der Waals surface area contributed by atoms with Gasteiger partial charge in [-0.25, -0.2) is 0 Å². The second-order valence-corrected chi connectivity index (χ2v) is 4.17. The highest BCUT2D eigenvalue weighted by molar-refractivity contribution is 6.22. The molecule has 0 spiro atoms. The topological polar surface area (TPSA) is 52.6 Å². The minimum absolute atomic E-state index is 0.0258. The van der Waals surface area contributed by atoms with Crippen molar-refractivity contribution in [2.75, 3.05) is 13.2 Å². The molecule has 6 heteroatoms. The molecule has 0 saturated heterocycles. The van der Waals surface area contributed by atoms with Crippen LogP contribution in [0.5, 0.6) is 0 Å². The van der Waals surface area contributed by atoms with Gasteiger partial charge in [0.15, 0.2) is 0 Å². The molecule has 0 radical (unpaired) electrons. The second-order valence-electron chi connectivity index (χ2n) is 3.05. The monoisotopic (exact) mass is 280 g/mol. The summed E-state index contributed by atoms with van der Waals surface area (Å²) >= 11 is 11.3. The van der Waals surface area contributed by atoms with E-state index in [4.69, 9.17) is 32.7 Å². The molecule has 0 aliphatic rings. The maximum absolute atomic E-state index is 11.1. The molecule has 0 aliphatic carbocycles. The zero-order valence-corrected chi connectivity index (χ0v) is 10.7. The predicted octanol–water partition coefficient (Wildman–Crippen LogP) is 2.05. The van der Waals surface area contributed by atoms with Crippen LogP contribution >= 0.6 is 23.2 Å². The van der Waals surface area contributed by atoms with Crippen molar-refractivity contribution in [1.29, 1.82) is 0 Å². The third kappa shape index (κ3) is 8.77. The van der Waals surface area contributed by atoms with Crippen molar-refractivity contribution >= 4 is 35.1 Å². The van der Waals surface area contributed by atoms with Crippen LogP contribution in [0.2, 0.25) is 0 Å². The highest BCUT2D eigenvalue weighted by atomic mass is 35.5. The number of hydrogen-bond acceptors (Lipinski definition) is 4. The molecule has 0 aromatic carbocycles. The third-order valence-electron chi connectivity index (χ3n) is 1.61. The van der Waals surface area contributed by atoms with Crippen LogP contribution < -0.4 is 0 Å². The largest absolute Gasteiger partial charge is 0.463 e. The Kier molecular flexibility index (Phi) is 8.54. The lowest BCUT2D eigenvalue weighted by Crippen LogP contribution is -2.19. The summed E-state index contributed by atoms with van der Waals surface area (Å²) in [6.07, 6.45) is 2.38. The molecule has 0 bridgehead atoms. The molecular formula is C11H14Cl2O4. The zero-order chi connectivity index (χ0) is 13.3. The Hall–Kier alpha value is -1.00. The average Bonchev–Trinajstić information content (AvgIpc) is 2.32. The second kappa shape index (κ2) is 9.07. The molecule has 0 aromatic heterocycles. The first-order valence-corrected chi connectivity index (χ1v) is 5.71. The minimum atomic E-state index is -0.702. The first-order valence-electron chi connectivity index (χ1n) is 4.84. The summed E-state index contributed by atoms with van der Waals surface area (Å²) in [5.74, 6) is -1.40. The first-order chi connectivity index (χ1) is 7.99. The number of ether oxygens (including phenoxy) is 2. The van der Waals surface area contributed by atoms with Crippen LogP contribution in [-0.4, -0.2) is 35.9 Å². The summed E-state index contributed by atoms with van der Waals surface area (Å²) in [6, 6.07) is 0. The number of hydrogen-bond donors (Lipinski definition) is 0. The lowest BCUT2D eigenvalue weighted by Gasteiger charge is -2.08. The molecule has 0 saturated carbocycles. The van der Waals surface area contributed by atoms with Gasteiger partial charge in [0.2, 0.25) is 0 Å². The Morgan fingerprint density at radius 2 is 1.35 bits per heavy atom. The smallest absolute Gasteiger partial charge is 0.317 e. The van der Waals surface area contributed by atoms with E-state index >= 15 is 0 Å². The Morgan fingerprint density at radius 1 is 1.00 bits per heavy atom. The Balaban J connectivity index is 3.76. The van der Waals surface area contributed by atoms with Gasteiger partial charge in [0.05, 0.1) is 10.8 Å². The fourth-order valence-corrected chi connectivity index (χ4v) is 0.827. The summed E-state index contributed by atoms with van der Waals surface area (Å²) in [6.45, 7) is 6.79. The quantitative estimate of drug-likeness (QED) is 0.296. The number of esters is 2. The summed E-state index contributed by atoms with van der Waals surface area (Å²) in [5.41, 5.74) is 0. The van der Waals surface area contributed by atoms with E-state index in [0.717, 1.165) is 0 Å². The maximum Gasteiger partial charge on any atom is 0.317 e. The summed E-state index contributed by atoms with van der Waals surface area (Å²) in [4.78, 5) is 22.2. The normalized spacial score (nSPS) is 13.3. The highest BCUT2D eigenvalue weighted by Gasteiger charge is 2.14. The van der Waals surface area contributed by atoms with Crippen LogP contribution in [0.15, 0.2) is 25.3 Å². The first kappa shape index (κ1) is 16.0. The molecule has 2 atom stereocenters. The van der Waals surface area contributed by atoms with Crippen LogP contribution in [-0.2, 0) is 19.1 Å². The van der Waals surface area contributed by atoms with Gasteiger partial charge in [-0.2, -0.15) is 0 Å². The van der Waals surface area contributed by atoms with Crippen molar-refractivity contribution in [3.63, 3.8) is 0 Å². The van der Waals surface area contributed by atoms with Gasteiger partial charge in [-0.05, 0) is 0 Å². The molecule has 0 fully saturated rings. The summed E-state index contributed by atoms with van der Waals surface area (Å²) in [5, 5.41) is -0.939. The van der Waals surface area contributed by atoms with Crippen molar-refractivity contribution in [2.24, 2.45) is 0 Å². The van der Waals surface area contributed by atoms with Crippen molar-refractivity contribution < 1.29 is 19.1 Å². The van der Waals surface area contributed by atoms with Gasteiger partial charge in [0.1, 0.15) is 19.6 Å². The van der Waals surface area contributed by atoms with Crippen molar-refractivity contribution in [1.82, 2.24) is 0 Å².